The van der Waals surface area contributed by atoms with E-state index in [1.807, 2.05) is 0 Å². The van der Waals surface area contributed by atoms with Gasteiger partial charge in [-0.05, 0) is 77.9 Å². The van der Waals surface area contributed by atoms with E-state index in [1.54, 1.807) is 60.7 Å². The van der Waals surface area contributed by atoms with E-state index in [9.17, 15) is 18.8 Å². The van der Waals surface area contributed by atoms with Crippen LogP contribution in [0.5, 0.6) is 17.2 Å². The van der Waals surface area contributed by atoms with Gasteiger partial charge in [-0.15, -0.1) is 0 Å². The third-order valence-corrected chi connectivity index (χ3v) is 6.98. The number of urea groups is 1. The van der Waals surface area contributed by atoms with Crippen LogP contribution in [-0.4, -0.2) is 25.0 Å². The molecule has 0 saturated carbocycles. The van der Waals surface area contributed by atoms with E-state index >= 15 is 0 Å². The molecule has 43 heavy (non-hydrogen) atoms. The maximum Gasteiger partial charge on any atom is 0.335 e. The molecule has 1 saturated heterocycles. The Kier molecular flexibility index (Phi) is 8.94. The average molecular weight is 621 g/mol. The van der Waals surface area contributed by atoms with Crippen LogP contribution in [0.3, 0.4) is 0 Å². The summed E-state index contributed by atoms with van der Waals surface area (Å²) in [6, 6.07) is 21.2. The number of hydrogen-bond donors (Lipinski definition) is 1. The summed E-state index contributed by atoms with van der Waals surface area (Å²) in [6.45, 7) is 0.281. The van der Waals surface area contributed by atoms with E-state index in [2.05, 4.69) is 5.32 Å². The lowest BCUT2D eigenvalue weighted by Crippen LogP contribution is -2.54. The van der Waals surface area contributed by atoms with Crippen LogP contribution in [0.15, 0.2) is 90.5 Å². The van der Waals surface area contributed by atoms with E-state index in [-0.39, 0.29) is 30.3 Å². The second kappa shape index (κ2) is 13.0. The van der Waals surface area contributed by atoms with Crippen molar-refractivity contribution in [2.24, 2.45) is 0 Å². The molecule has 0 radical (unpaired) electrons. The van der Waals surface area contributed by atoms with Crippen LogP contribution in [0.25, 0.3) is 6.08 Å². The SMILES string of the molecule is COc1cc(/C=C2\C(=O)NC(=O)N(c3ccc(OCc4ccc(Cl)cc4Cl)cc3)C2=O)ccc1OCc1cccc(F)c1. The van der Waals surface area contributed by atoms with Crippen LogP contribution in [0.2, 0.25) is 10.0 Å². The van der Waals surface area contributed by atoms with Crippen molar-refractivity contribution in [2.45, 2.75) is 13.2 Å². The van der Waals surface area contributed by atoms with Crippen molar-refractivity contribution in [1.29, 1.82) is 0 Å². The highest BCUT2D eigenvalue weighted by Crippen LogP contribution is 2.31. The predicted molar refractivity (Wildman–Crippen MR) is 160 cm³/mol. The molecule has 1 N–H and O–H groups in total. The van der Waals surface area contributed by atoms with E-state index in [0.29, 0.717) is 38.4 Å². The van der Waals surface area contributed by atoms with Gasteiger partial charge in [0.25, 0.3) is 11.8 Å². The largest absolute Gasteiger partial charge is 0.493 e. The normalized spacial score (nSPS) is 14.1. The zero-order valence-electron chi connectivity index (χ0n) is 22.6. The second-order valence-corrected chi connectivity index (χ2v) is 10.1. The first-order valence-electron chi connectivity index (χ1n) is 12.9. The minimum absolute atomic E-state index is 0.102. The fourth-order valence-corrected chi connectivity index (χ4v) is 4.69. The third-order valence-electron chi connectivity index (χ3n) is 6.39. The van der Waals surface area contributed by atoms with Crippen molar-refractivity contribution in [3.63, 3.8) is 0 Å². The molecule has 0 aliphatic carbocycles. The summed E-state index contributed by atoms with van der Waals surface area (Å²) in [5.41, 5.74) is 1.79. The molecule has 1 heterocycles. The maximum atomic E-state index is 13.5. The number of hydrogen-bond acceptors (Lipinski definition) is 6. The molecule has 4 amide bonds. The highest BCUT2D eigenvalue weighted by atomic mass is 35.5. The van der Waals surface area contributed by atoms with Crippen LogP contribution < -0.4 is 24.4 Å². The number of rotatable bonds is 9. The van der Waals surface area contributed by atoms with Crippen LogP contribution in [0.4, 0.5) is 14.9 Å². The van der Waals surface area contributed by atoms with Gasteiger partial charge in [-0.3, -0.25) is 14.9 Å². The van der Waals surface area contributed by atoms with Crippen LogP contribution >= 0.6 is 23.2 Å². The molecule has 11 heteroatoms. The predicted octanol–water partition coefficient (Wildman–Crippen LogP) is 6.97. The van der Waals surface area contributed by atoms with Gasteiger partial charge in [-0.25, -0.2) is 14.1 Å². The number of nitrogens with one attached hydrogen (secondary N) is 1. The van der Waals surface area contributed by atoms with Crippen molar-refractivity contribution in [2.75, 3.05) is 12.0 Å². The molecular formula is C32H23Cl2FN2O6. The van der Waals surface area contributed by atoms with Gasteiger partial charge in [0.05, 0.1) is 12.8 Å². The first kappa shape index (κ1) is 29.6. The number of ether oxygens (including phenoxy) is 3. The summed E-state index contributed by atoms with van der Waals surface area (Å²) in [4.78, 5) is 39.5. The molecule has 0 unspecified atom stereocenters. The average Bonchev–Trinajstić information content (AvgIpc) is 2.98. The number of carbonyl (C=O) groups is 3. The number of amides is 4. The summed E-state index contributed by atoms with van der Waals surface area (Å²) in [5, 5.41) is 3.18. The molecule has 1 fully saturated rings. The Bertz CT molecular complexity index is 1740. The molecule has 218 valence electrons. The van der Waals surface area contributed by atoms with Crippen LogP contribution in [0, 0.1) is 5.82 Å². The zero-order chi connectivity index (χ0) is 30.5. The lowest BCUT2D eigenvalue weighted by Gasteiger charge is -2.26. The maximum absolute atomic E-state index is 13.5. The van der Waals surface area contributed by atoms with Crippen molar-refractivity contribution in [1.82, 2.24) is 5.32 Å². The van der Waals surface area contributed by atoms with Crippen LogP contribution in [-0.2, 0) is 22.8 Å². The second-order valence-electron chi connectivity index (χ2n) is 9.31. The summed E-state index contributed by atoms with van der Waals surface area (Å²) in [6.07, 6.45) is 1.35. The Morgan fingerprint density at radius 1 is 0.860 bits per heavy atom. The minimum Gasteiger partial charge on any atom is -0.493 e. The van der Waals surface area contributed by atoms with E-state index < -0.39 is 17.8 Å². The van der Waals surface area contributed by atoms with Gasteiger partial charge < -0.3 is 14.2 Å². The van der Waals surface area contributed by atoms with Gasteiger partial charge in [0.1, 0.15) is 30.4 Å². The van der Waals surface area contributed by atoms with Crippen molar-refractivity contribution in [3.05, 3.63) is 123 Å². The quantitative estimate of drug-likeness (QED) is 0.160. The Balaban J connectivity index is 1.31. The topological polar surface area (TPSA) is 94.2 Å². The Labute approximate surface area is 256 Å². The summed E-state index contributed by atoms with van der Waals surface area (Å²) >= 11 is 12.1. The third kappa shape index (κ3) is 6.97. The van der Waals surface area contributed by atoms with Crippen molar-refractivity contribution < 1.29 is 33.0 Å². The molecule has 1 aliphatic rings. The number of imide groups is 2. The Morgan fingerprint density at radius 2 is 1.65 bits per heavy atom. The van der Waals surface area contributed by atoms with Gasteiger partial charge in [0, 0.05) is 15.6 Å². The number of anilines is 1. The molecule has 5 rings (SSSR count). The number of benzene rings is 4. The number of carbonyl (C=O) groups excluding carboxylic acids is 3. The number of halogens is 3. The molecule has 1 aliphatic heterocycles. The lowest BCUT2D eigenvalue weighted by atomic mass is 10.1. The summed E-state index contributed by atoms with van der Waals surface area (Å²) < 4.78 is 30.4. The summed E-state index contributed by atoms with van der Waals surface area (Å²) in [5.74, 6) is -0.833. The van der Waals surface area contributed by atoms with Gasteiger partial charge >= 0.3 is 6.03 Å². The van der Waals surface area contributed by atoms with Crippen LogP contribution in [0.1, 0.15) is 16.7 Å². The molecule has 0 atom stereocenters. The first-order valence-corrected chi connectivity index (χ1v) is 13.6. The Morgan fingerprint density at radius 3 is 2.37 bits per heavy atom. The Hall–Kier alpha value is -4.86. The lowest BCUT2D eigenvalue weighted by molar-refractivity contribution is -0.122. The molecule has 0 spiro atoms. The van der Waals surface area contributed by atoms with Crippen molar-refractivity contribution in [3.8, 4) is 17.2 Å². The fourth-order valence-electron chi connectivity index (χ4n) is 4.23. The van der Waals surface area contributed by atoms with Crippen molar-refractivity contribution >= 4 is 52.8 Å². The van der Waals surface area contributed by atoms with E-state index in [0.717, 1.165) is 10.5 Å². The molecule has 0 aromatic heterocycles. The molecule has 4 aromatic carbocycles. The summed E-state index contributed by atoms with van der Waals surface area (Å²) in [7, 11) is 1.44. The number of methoxy groups -OCH3 is 1. The highest BCUT2D eigenvalue weighted by Gasteiger charge is 2.36. The minimum atomic E-state index is -0.882. The van der Waals surface area contributed by atoms with Gasteiger partial charge in [-0.2, -0.15) is 0 Å². The van der Waals surface area contributed by atoms with Gasteiger partial charge in [0.15, 0.2) is 11.5 Å². The standard InChI is InChI=1S/C32H23Cl2FN2O6/c1-41-29-15-19(5-12-28(29)43-17-20-3-2-4-23(35)13-20)14-26-30(38)36-32(40)37(31(26)39)24-8-10-25(11-9-24)42-18-21-6-7-22(33)16-27(21)34/h2-16H,17-18H2,1H3,(H,36,38,40)/b26-14+. The first-order chi connectivity index (χ1) is 20.7. The number of nitrogens with zero attached hydrogens (tertiary/aromatic N) is 1. The molecule has 4 aromatic rings. The van der Waals surface area contributed by atoms with Gasteiger partial charge in [0.2, 0.25) is 0 Å². The fraction of sp³-hybridized carbons (Fsp3) is 0.0938. The van der Waals surface area contributed by atoms with Gasteiger partial charge in [-0.1, -0.05) is 47.5 Å². The highest BCUT2D eigenvalue weighted by molar-refractivity contribution is 6.39. The molecular weight excluding hydrogens is 598 g/mol. The number of barbiturate groups is 1. The molecule has 0 bridgehead atoms. The smallest absolute Gasteiger partial charge is 0.335 e. The monoisotopic (exact) mass is 620 g/mol. The van der Waals surface area contributed by atoms with E-state index in [4.69, 9.17) is 37.4 Å². The zero-order valence-corrected chi connectivity index (χ0v) is 24.1. The van der Waals surface area contributed by atoms with E-state index in [1.165, 1.54) is 37.5 Å². The molecule has 8 nitrogen and oxygen atoms in total.